The first-order valence-electron chi connectivity index (χ1n) is 10.1. The van der Waals surface area contributed by atoms with Crippen LogP contribution in [0.4, 0.5) is 0 Å². The van der Waals surface area contributed by atoms with Crippen LogP contribution in [0.5, 0.6) is 0 Å². The van der Waals surface area contributed by atoms with E-state index in [2.05, 4.69) is 49.0 Å². The number of nitrogens with one attached hydrogen (secondary N) is 1. The van der Waals surface area contributed by atoms with Crippen molar-refractivity contribution in [1.29, 1.82) is 0 Å². The van der Waals surface area contributed by atoms with Gasteiger partial charge < -0.3 is 9.88 Å². The highest BCUT2D eigenvalue weighted by Crippen LogP contribution is 2.35. The van der Waals surface area contributed by atoms with Crippen LogP contribution < -0.4 is 5.32 Å². The number of fused-ring (bicyclic) bond motifs is 1. The van der Waals surface area contributed by atoms with E-state index in [1.807, 2.05) is 42.6 Å². The van der Waals surface area contributed by atoms with Gasteiger partial charge in [0.05, 0.1) is 19.7 Å². The molecule has 1 aromatic carbocycles. The molecule has 5 rings (SSSR count). The number of nitrogens with zero attached hydrogens (tertiary/aromatic N) is 3. The maximum absolute atomic E-state index is 12.7. The van der Waals surface area contributed by atoms with Crippen LogP contribution in [-0.4, -0.2) is 26.5 Å². The van der Waals surface area contributed by atoms with Crippen molar-refractivity contribution in [3.8, 4) is 11.5 Å². The topological polar surface area (TPSA) is 59.8 Å². The molecule has 1 amide bonds. The number of halogens is 1. The molecule has 1 N–H and O–H groups in total. The number of thiophene rings is 1. The Bertz CT molecular complexity index is 1190. The molecule has 3 aromatic heterocycles. The Labute approximate surface area is 187 Å². The summed E-state index contributed by atoms with van der Waals surface area (Å²) in [6.07, 6.45) is 5.83. The first-order chi connectivity index (χ1) is 14.7. The maximum atomic E-state index is 12.7. The largest absolute Gasteiger partial charge is 0.349 e. The molecule has 0 radical (unpaired) electrons. The zero-order valence-corrected chi connectivity index (χ0v) is 18.7. The van der Waals surface area contributed by atoms with Crippen molar-refractivity contribution < 1.29 is 4.79 Å². The molecule has 1 saturated carbocycles. The van der Waals surface area contributed by atoms with E-state index in [9.17, 15) is 4.79 Å². The number of rotatable bonds is 4. The molecule has 5 nitrogen and oxygen atoms in total. The summed E-state index contributed by atoms with van der Waals surface area (Å²) in [5.41, 5.74) is 2.98. The highest BCUT2D eigenvalue weighted by atomic mass is 79.9. The summed E-state index contributed by atoms with van der Waals surface area (Å²) < 4.78 is 3.30. The third-order valence-corrected chi connectivity index (χ3v) is 7.26. The van der Waals surface area contributed by atoms with E-state index in [0.717, 1.165) is 56.9 Å². The number of amides is 1. The van der Waals surface area contributed by atoms with Gasteiger partial charge in [0, 0.05) is 18.3 Å². The molecule has 30 heavy (non-hydrogen) atoms. The first-order valence-corrected chi connectivity index (χ1v) is 11.7. The third kappa shape index (κ3) is 3.79. The van der Waals surface area contributed by atoms with E-state index in [0.29, 0.717) is 0 Å². The summed E-state index contributed by atoms with van der Waals surface area (Å²) in [7, 11) is 0. The van der Waals surface area contributed by atoms with E-state index in [1.165, 1.54) is 11.3 Å². The van der Waals surface area contributed by atoms with Gasteiger partial charge in [-0.2, -0.15) is 0 Å². The van der Waals surface area contributed by atoms with Crippen molar-refractivity contribution in [3.63, 3.8) is 0 Å². The average molecular weight is 481 g/mol. The van der Waals surface area contributed by atoms with Gasteiger partial charge in [-0.15, -0.1) is 11.3 Å². The summed E-state index contributed by atoms with van der Waals surface area (Å²) in [4.78, 5) is 22.9. The van der Waals surface area contributed by atoms with Gasteiger partial charge >= 0.3 is 0 Å². The third-order valence-electron chi connectivity index (χ3n) is 5.63. The van der Waals surface area contributed by atoms with Gasteiger partial charge in [0.1, 0.15) is 5.69 Å². The number of carbonyl (C=O) groups excluding carboxylic acids is 1. The normalized spacial score (nSPS) is 19.1. The summed E-state index contributed by atoms with van der Waals surface area (Å²) in [5, 5.41) is 3.25. The second-order valence-corrected chi connectivity index (χ2v) is 10.1. The maximum Gasteiger partial charge on any atom is 0.261 e. The Morgan fingerprint density at radius 2 is 1.97 bits per heavy atom. The highest BCUT2D eigenvalue weighted by Gasteiger charge is 2.28. The number of pyridine rings is 1. The van der Waals surface area contributed by atoms with Crippen LogP contribution in [0, 0.1) is 0 Å². The van der Waals surface area contributed by atoms with Gasteiger partial charge in [-0.3, -0.25) is 9.78 Å². The summed E-state index contributed by atoms with van der Waals surface area (Å²) in [6.45, 7) is 0. The lowest BCUT2D eigenvalue weighted by Gasteiger charge is -2.31. The molecule has 1 fully saturated rings. The highest BCUT2D eigenvalue weighted by molar-refractivity contribution is 9.11. The molecule has 7 heteroatoms. The second-order valence-electron chi connectivity index (χ2n) is 7.60. The molecule has 3 heterocycles. The molecular formula is C23H21BrN4OS. The standard InChI is InChI=1S/C23H21BrN4OS/c24-21-12-11-20(30-21)23(29)26-15-6-5-7-16(14-15)28-19-10-2-1-8-17(19)27-22(28)18-9-3-4-13-25-18/h1-4,8-13,15-16H,5-7,14H2,(H,26,29). The van der Waals surface area contributed by atoms with Crippen LogP contribution in [0.25, 0.3) is 22.6 Å². The number of para-hydroxylation sites is 2. The van der Waals surface area contributed by atoms with Crippen LogP contribution in [0.15, 0.2) is 64.6 Å². The van der Waals surface area contributed by atoms with E-state index in [4.69, 9.17) is 4.98 Å². The Kier molecular flexibility index (Phi) is 5.39. The van der Waals surface area contributed by atoms with Gasteiger partial charge in [0.25, 0.3) is 5.91 Å². The number of imidazole rings is 1. The van der Waals surface area contributed by atoms with Crippen molar-refractivity contribution in [1.82, 2.24) is 19.9 Å². The van der Waals surface area contributed by atoms with E-state index in [1.54, 1.807) is 0 Å². The van der Waals surface area contributed by atoms with E-state index < -0.39 is 0 Å². The number of benzene rings is 1. The van der Waals surface area contributed by atoms with Gasteiger partial charge in [-0.25, -0.2) is 4.98 Å². The van der Waals surface area contributed by atoms with Crippen LogP contribution in [-0.2, 0) is 0 Å². The van der Waals surface area contributed by atoms with Crippen LogP contribution in [0.2, 0.25) is 0 Å². The minimum Gasteiger partial charge on any atom is -0.349 e. The SMILES string of the molecule is O=C(NC1CCCC(n2c(-c3ccccn3)nc3ccccc32)C1)c1ccc(Br)s1. The molecule has 152 valence electrons. The van der Waals surface area contributed by atoms with Gasteiger partial charge in [-0.05, 0) is 78.0 Å². The molecule has 0 aliphatic heterocycles. The second kappa shape index (κ2) is 8.32. The Hall–Kier alpha value is -2.51. The van der Waals surface area contributed by atoms with Gasteiger partial charge in [0.2, 0.25) is 0 Å². The molecule has 1 aliphatic carbocycles. The fourth-order valence-electron chi connectivity index (χ4n) is 4.31. The molecule has 0 bridgehead atoms. The van der Waals surface area contributed by atoms with Crippen molar-refractivity contribution in [3.05, 3.63) is 69.5 Å². The minimum atomic E-state index is 0.0109. The number of hydrogen-bond donors (Lipinski definition) is 1. The van der Waals surface area contributed by atoms with Crippen molar-refractivity contribution in [2.45, 2.75) is 37.8 Å². The lowest BCUT2D eigenvalue weighted by atomic mass is 9.90. The average Bonchev–Trinajstić information content (AvgIpc) is 3.38. The first kappa shape index (κ1) is 19.5. The number of carbonyl (C=O) groups is 1. The van der Waals surface area contributed by atoms with E-state index >= 15 is 0 Å². The molecule has 0 saturated heterocycles. The Balaban J connectivity index is 1.45. The molecule has 1 aliphatic rings. The minimum absolute atomic E-state index is 0.0109. The molecule has 2 atom stereocenters. The van der Waals surface area contributed by atoms with Crippen LogP contribution in [0.3, 0.4) is 0 Å². The van der Waals surface area contributed by atoms with Crippen molar-refractivity contribution >= 4 is 44.2 Å². The predicted octanol–water partition coefficient (Wildman–Crippen LogP) is 5.84. The Morgan fingerprint density at radius 1 is 1.10 bits per heavy atom. The fourth-order valence-corrected chi connectivity index (χ4v) is 5.60. The van der Waals surface area contributed by atoms with E-state index in [-0.39, 0.29) is 18.0 Å². The molecule has 0 spiro atoms. The smallest absolute Gasteiger partial charge is 0.261 e. The van der Waals surface area contributed by atoms with Gasteiger partial charge in [0.15, 0.2) is 5.82 Å². The molecule has 4 aromatic rings. The van der Waals surface area contributed by atoms with Gasteiger partial charge in [-0.1, -0.05) is 18.2 Å². The molecular weight excluding hydrogens is 460 g/mol. The Morgan fingerprint density at radius 3 is 2.77 bits per heavy atom. The van der Waals surface area contributed by atoms with Crippen LogP contribution in [0.1, 0.15) is 41.4 Å². The van der Waals surface area contributed by atoms with Crippen LogP contribution >= 0.6 is 27.3 Å². The van der Waals surface area contributed by atoms with Crippen molar-refractivity contribution in [2.75, 3.05) is 0 Å². The lowest BCUT2D eigenvalue weighted by molar-refractivity contribution is 0.0925. The zero-order chi connectivity index (χ0) is 20.5. The molecule has 2 unspecified atom stereocenters. The fraction of sp³-hybridized carbons (Fsp3) is 0.261. The quantitative estimate of drug-likeness (QED) is 0.399. The number of aromatic nitrogens is 3. The summed E-state index contributed by atoms with van der Waals surface area (Å²) in [6, 6.07) is 18.4. The monoisotopic (exact) mass is 480 g/mol. The zero-order valence-electron chi connectivity index (χ0n) is 16.3. The summed E-state index contributed by atoms with van der Waals surface area (Å²) >= 11 is 4.90. The lowest BCUT2D eigenvalue weighted by Crippen LogP contribution is -2.38. The predicted molar refractivity (Wildman–Crippen MR) is 124 cm³/mol. The number of hydrogen-bond acceptors (Lipinski definition) is 4. The van der Waals surface area contributed by atoms with Crippen molar-refractivity contribution in [2.24, 2.45) is 0 Å². The summed E-state index contributed by atoms with van der Waals surface area (Å²) in [5.74, 6) is 0.910.